The molecule has 1 heterocycles. The van der Waals surface area contributed by atoms with Gasteiger partial charge < -0.3 is 4.74 Å². The van der Waals surface area contributed by atoms with Gasteiger partial charge in [0.05, 0.1) is 12.2 Å². The van der Waals surface area contributed by atoms with Crippen molar-refractivity contribution in [3.05, 3.63) is 72.1 Å². The monoisotopic (exact) mass is 388 g/mol. The maximum absolute atomic E-state index is 11.7. The third-order valence-corrected chi connectivity index (χ3v) is 4.91. The van der Waals surface area contributed by atoms with E-state index in [1.54, 1.807) is 6.92 Å². The Morgan fingerprint density at radius 2 is 1.38 bits per heavy atom. The smallest absolute Gasteiger partial charge is 0.341 e. The molecular formula is C25H28N2O2. The molecule has 1 aromatic heterocycles. The normalized spacial score (nSPS) is 10.7. The molecule has 0 fully saturated rings. The summed E-state index contributed by atoms with van der Waals surface area (Å²) >= 11 is 0. The zero-order valence-electron chi connectivity index (χ0n) is 17.2. The van der Waals surface area contributed by atoms with E-state index < -0.39 is 5.97 Å². The van der Waals surface area contributed by atoms with Gasteiger partial charge in [0.15, 0.2) is 5.82 Å². The first-order valence-corrected chi connectivity index (χ1v) is 10.4. The van der Waals surface area contributed by atoms with Crippen molar-refractivity contribution >= 4 is 5.97 Å². The topological polar surface area (TPSA) is 52.1 Å². The number of aromatic nitrogens is 2. The summed E-state index contributed by atoms with van der Waals surface area (Å²) in [4.78, 5) is 20.3. The molecule has 0 aliphatic rings. The molecule has 0 saturated heterocycles. The van der Waals surface area contributed by atoms with Gasteiger partial charge in [-0.1, -0.05) is 74.7 Å². The highest BCUT2D eigenvalue weighted by atomic mass is 16.5. The van der Waals surface area contributed by atoms with Gasteiger partial charge in [0.25, 0.3) is 0 Å². The third-order valence-electron chi connectivity index (χ3n) is 4.91. The van der Waals surface area contributed by atoms with Crippen molar-refractivity contribution in [2.75, 3.05) is 6.61 Å². The van der Waals surface area contributed by atoms with Gasteiger partial charge in [-0.15, -0.1) is 0 Å². The summed E-state index contributed by atoms with van der Waals surface area (Å²) in [5, 5.41) is 0. The second-order valence-corrected chi connectivity index (χ2v) is 7.10. The van der Waals surface area contributed by atoms with Gasteiger partial charge in [0.2, 0.25) is 0 Å². The number of nitrogens with zero attached hydrogens (tertiary/aromatic N) is 2. The molecule has 0 spiro atoms. The number of hydrogen-bond acceptors (Lipinski definition) is 4. The average Bonchev–Trinajstić information content (AvgIpc) is 2.78. The Labute approximate surface area is 173 Å². The van der Waals surface area contributed by atoms with Gasteiger partial charge in [-0.3, -0.25) is 0 Å². The number of rotatable bonds is 9. The minimum absolute atomic E-state index is 0.335. The van der Waals surface area contributed by atoms with Crippen LogP contribution in [0.3, 0.4) is 0 Å². The van der Waals surface area contributed by atoms with Crippen LogP contribution in [0.5, 0.6) is 0 Å². The molecule has 3 rings (SSSR count). The highest BCUT2D eigenvalue weighted by Crippen LogP contribution is 2.24. The molecule has 4 nitrogen and oxygen atoms in total. The molecule has 0 saturated carbocycles. The Bertz CT molecular complexity index is 901. The summed E-state index contributed by atoms with van der Waals surface area (Å²) in [6.45, 7) is 4.35. The van der Waals surface area contributed by atoms with Crippen LogP contribution in [0.15, 0.2) is 60.9 Å². The lowest BCUT2D eigenvalue weighted by Gasteiger charge is -2.07. The molecule has 150 valence electrons. The van der Waals surface area contributed by atoms with E-state index in [-0.39, 0.29) is 0 Å². The fourth-order valence-corrected chi connectivity index (χ4v) is 3.23. The number of hydrogen-bond donors (Lipinski definition) is 0. The second kappa shape index (κ2) is 10.5. The SMILES string of the molecule is CCCCCCc1ccc(-c2ccc(-c3ncc(C(=O)OCC)cn3)cc2)cc1. The van der Waals surface area contributed by atoms with Crippen molar-refractivity contribution in [2.24, 2.45) is 0 Å². The number of benzene rings is 2. The number of aryl methyl sites for hydroxylation is 1. The molecule has 2 aromatic carbocycles. The predicted octanol–water partition coefficient (Wildman–Crippen LogP) is 6.11. The first-order chi connectivity index (χ1) is 14.2. The van der Waals surface area contributed by atoms with Crippen LogP contribution in [0.1, 0.15) is 55.5 Å². The Kier molecular flexibility index (Phi) is 7.51. The maximum Gasteiger partial charge on any atom is 0.341 e. The second-order valence-electron chi connectivity index (χ2n) is 7.10. The number of esters is 1. The molecule has 4 heteroatoms. The molecule has 0 aliphatic heterocycles. The fraction of sp³-hybridized carbons (Fsp3) is 0.320. The summed E-state index contributed by atoms with van der Waals surface area (Å²) in [7, 11) is 0. The van der Waals surface area contributed by atoms with Crippen LogP contribution in [0, 0.1) is 0 Å². The number of ether oxygens (including phenoxy) is 1. The highest BCUT2D eigenvalue weighted by Gasteiger charge is 2.09. The lowest BCUT2D eigenvalue weighted by Crippen LogP contribution is -2.06. The Hall–Kier alpha value is -3.01. The zero-order chi connectivity index (χ0) is 20.5. The van der Waals surface area contributed by atoms with Crippen LogP contribution < -0.4 is 0 Å². The van der Waals surface area contributed by atoms with Crippen LogP contribution in [0.25, 0.3) is 22.5 Å². The number of unbranched alkanes of at least 4 members (excludes halogenated alkanes) is 3. The van der Waals surface area contributed by atoms with E-state index in [0.717, 1.165) is 17.5 Å². The Balaban J connectivity index is 1.64. The lowest BCUT2D eigenvalue weighted by atomic mass is 10.00. The fourth-order valence-electron chi connectivity index (χ4n) is 3.23. The first-order valence-electron chi connectivity index (χ1n) is 10.4. The van der Waals surface area contributed by atoms with Crippen molar-refractivity contribution in [3.8, 4) is 22.5 Å². The van der Waals surface area contributed by atoms with E-state index in [2.05, 4.69) is 53.3 Å². The minimum Gasteiger partial charge on any atom is -0.462 e. The molecule has 29 heavy (non-hydrogen) atoms. The quantitative estimate of drug-likeness (QED) is 0.328. The zero-order valence-corrected chi connectivity index (χ0v) is 17.2. The number of carbonyl (C=O) groups is 1. The van der Waals surface area contributed by atoms with Gasteiger partial charge in [0.1, 0.15) is 0 Å². The van der Waals surface area contributed by atoms with Crippen LogP contribution in [0.2, 0.25) is 0 Å². The number of carbonyl (C=O) groups excluding carboxylic acids is 1. The van der Waals surface area contributed by atoms with Gasteiger partial charge in [-0.25, -0.2) is 14.8 Å². The maximum atomic E-state index is 11.7. The van der Waals surface area contributed by atoms with Gasteiger partial charge in [0, 0.05) is 18.0 Å². The lowest BCUT2D eigenvalue weighted by molar-refractivity contribution is 0.0525. The molecule has 0 amide bonds. The molecule has 0 atom stereocenters. The van der Waals surface area contributed by atoms with E-state index in [0.29, 0.717) is 18.0 Å². The van der Waals surface area contributed by atoms with Crippen LogP contribution >= 0.6 is 0 Å². The van der Waals surface area contributed by atoms with Crippen LogP contribution in [-0.2, 0) is 11.2 Å². The molecule has 0 N–H and O–H groups in total. The van der Waals surface area contributed by atoms with Crippen LogP contribution in [-0.4, -0.2) is 22.5 Å². The van der Waals surface area contributed by atoms with E-state index in [4.69, 9.17) is 4.74 Å². The van der Waals surface area contributed by atoms with Gasteiger partial charge >= 0.3 is 5.97 Å². The van der Waals surface area contributed by atoms with Gasteiger partial charge in [-0.2, -0.15) is 0 Å². The Morgan fingerprint density at radius 3 is 1.97 bits per heavy atom. The van der Waals surface area contributed by atoms with Crippen molar-refractivity contribution in [1.82, 2.24) is 9.97 Å². The molecule has 0 aliphatic carbocycles. The van der Waals surface area contributed by atoms with Gasteiger partial charge in [-0.05, 0) is 36.5 Å². The molecule has 3 aromatic rings. The van der Waals surface area contributed by atoms with Crippen molar-refractivity contribution in [1.29, 1.82) is 0 Å². The third kappa shape index (κ3) is 5.74. The standard InChI is InChI=1S/C25H28N2O2/c1-3-5-6-7-8-19-9-11-20(12-10-19)21-13-15-22(16-14-21)24-26-17-23(18-27-24)25(28)29-4-2/h9-18H,3-8H2,1-2H3. The largest absolute Gasteiger partial charge is 0.462 e. The van der Waals surface area contributed by atoms with E-state index in [9.17, 15) is 4.79 Å². The van der Waals surface area contributed by atoms with Crippen molar-refractivity contribution < 1.29 is 9.53 Å². The van der Waals surface area contributed by atoms with E-state index >= 15 is 0 Å². The summed E-state index contributed by atoms with van der Waals surface area (Å²) in [6.07, 6.45) is 9.33. The summed E-state index contributed by atoms with van der Waals surface area (Å²) in [6, 6.07) is 17.0. The van der Waals surface area contributed by atoms with Crippen LogP contribution in [0.4, 0.5) is 0 Å². The highest BCUT2D eigenvalue weighted by molar-refractivity contribution is 5.88. The molecule has 0 unspecified atom stereocenters. The Morgan fingerprint density at radius 1 is 0.793 bits per heavy atom. The van der Waals surface area contributed by atoms with Crippen molar-refractivity contribution in [3.63, 3.8) is 0 Å². The summed E-state index contributed by atoms with van der Waals surface area (Å²) < 4.78 is 4.96. The van der Waals surface area contributed by atoms with Crippen molar-refractivity contribution in [2.45, 2.75) is 46.0 Å². The first kappa shape index (κ1) is 20.7. The van der Waals surface area contributed by atoms with E-state index in [1.807, 2.05) is 12.1 Å². The molecule has 0 radical (unpaired) electrons. The minimum atomic E-state index is -0.400. The molecular weight excluding hydrogens is 360 g/mol. The average molecular weight is 389 g/mol. The molecule has 0 bridgehead atoms. The van der Waals surface area contributed by atoms with E-state index in [1.165, 1.54) is 49.2 Å². The predicted molar refractivity (Wildman–Crippen MR) is 117 cm³/mol. The summed E-state index contributed by atoms with van der Waals surface area (Å²) in [5.41, 5.74) is 5.04. The summed E-state index contributed by atoms with van der Waals surface area (Å²) in [5.74, 6) is 0.190.